The summed E-state index contributed by atoms with van der Waals surface area (Å²) in [6.07, 6.45) is 0. The highest BCUT2D eigenvalue weighted by atomic mass is 32.2. The number of benzene rings is 3. The lowest BCUT2D eigenvalue weighted by molar-refractivity contribution is 0.0597. The summed E-state index contributed by atoms with van der Waals surface area (Å²) in [5.41, 5.74) is 2.77. The molecule has 3 aromatic carbocycles. The molecule has 0 saturated carbocycles. The highest BCUT2D eigenvalue weighted by Crippen LogP contribution is 2.31. The quantitative estimate of drug-likeness (QED) is 0.504. The van der Waals surface area contributed by atoms with Crippen molar-refractivity contribution in [2.75, 3.05) is 47.4 Å². The second kappa shape index (κ2) is 10.6. The van der Waals surface area contributed by atoms with Crippen molar-refractivity contribution in [2.24, 2.45) is 0 Å². The minimum atomic E-state index is -3.76. The molecular formula is C27H31N3O4S. The van der Waals surface area contributed by atoms with Crippen molar-refractivity contribution < 1.29 is 17.9 Å². The summed E-state index contributed by atoms with van der Waals surface area (Å²) in [5.74, 6) is 0.0344. The van der Waals surface area contributed by atoms with Gasteiger partial charge in [-0.15, -0.1) is 0 Å². The van der Waals surface area contributed by atoms with Crippen LogP contribution in [0.15, 0.2) is 83.8 Å². The van der Waals surface area contributed by atoms with E-state index < -0.39 is 10.0 Å². The first kappa shape index (κ1) is 24.9. The maximum Gasteiger partial charge on any atom is 0.253 e. The number of piperazine rings is 1. The van der Waals surface area contributed by atoms with E-state index in [4.69, 9.17) is 4.74 Å². The molecule has 184 valence electrons. The van der Waals surface area contributed by atoms with E-state index in [1.165, 1.54) is 38.4 Å². The van der Waals surface area contributed by atoms with Crippen LogP contribution in [0.4, 0.5) is 0 Å². The van der Waals surface area contributed by atoms with Crippen LogP contribution in [0.1, 0.15) is 27.5 Å². The third kappa shape index (κ3) is 5.24. The number of carbonyl (C=O) groups excluding carboxylic acids is 1. The molecule has 1 saturated heterocycles. The van der Waals surface area contributed by atoms with Crippen LogP contribution < -0.4 is 4.74 Å². The monoisotopic (exact) mass is 493 g/mol. The second-order valence-corrected chi connectivity index (χ2v) is 10.8. The lowest BCUT2D eigenvalue weighted by Crippen LogP contribution is -2.49. The van der Waals surface area contributed by atoms with Crippen LogP contribution in [0.25, 0.3) is 0 Å². The van der Waals surface area contributed by atoms with E-state index in [1.54, 1.807) is 17.0 Å². The van der Waals surface area contributed by atoms with Crippen LogP contribution in [-0.2, 0) is 10.0 Å². The van der Waals surface area contributed by atoms with E-state index >= 15 is 0 Å². The molecule has 0 atom stereocenters. The number of amides is 1. The molecule has 0 unspecified atom stereocenters. The first-order valence-corrected chi connectivity index (χ1v) is 13.0. The Bertz CT molecular complexity index is 1220. The molecule has 0 spiro atoms. The van der Waals surface area contributed by atoms with Crippen LogP contribution >= 0.6 is 0 Å². The average Bonchev–Trinajstić information content (AvgIpc) is 2.89. The van der Waals surface area contributed by atoms with Gasteiger partial charge in [0.15, 0.2) is 0 Å². The van der Waals surface area contributed by atoms with Gasteiger partial charge >= 0.3 is 0 Å². The van der Waals surface area contributed by atoms with Crippen molar-refractivity contribution in [2.45, 2.75) is 10.9 Å². The Balaban J connectivity index is 1.54. The number of nitrogens with zero attached hydrogens (tertiary/aromatic N) is 3. The van der Waals surface area contributed by atoms with Gasteiger partial charge in [0, 0.05) is 45.8 Å². The molecule has 0 bridgehead atoms. The van der Waals surface area contributed by atoms with E-state index in [0.717, 1.165) is 4.31 Å². The van der Waals surface area contributed by atoms with Crippen molar-refractivity contribution in [1.82, 2.24) is 14.1 Å². The predicted molar refractivity (Wildman–Crippen MR) is 136 cm³/mol. The second-order valence-electron chi connectivity index (χ2n) is 8.71. The third-order valence-electron chi connectivity index (χ3n) is 6.37. The van der Waals surface area contributed by atoms with E-state index in [2.05, 4.69) is 29.2 Å². The van der Waals surface area contributed by atoms with Crippen LogP contribution in [0.5, 0.6) is 5.75 Å². The lowest BCUT2D eigenvalue weighted by Gasteiger charge is -2.40. The normalized spacial score (nSPS) is 14.9. The standard InChI is InChI=1S/C27H31N3O4S/c1-28(2)35(32,33)25-20-23(14-15-24(25)34-3)27(31)30-18-16-29(17-19-30)26(21-10-6-4-7-11-21)22-12-8-5-9-13-22/h4-15,20,26H,16-19H2,1-3H3. The fourth-order valence-electron chi connectivity index (χ4n) is 4.46. The zero-order valence-corrected chi connectivity index (χ0v) is 21.1. The Labute approximate surface area is 207 Å². The SMILES string of the molecule is COc1ccc(C(=O)N2CCN(C(c3ccccc3)c3ccccc3)CC2)cc1S(=O)(=O)N(C)C. The number of methoxy groups -OCH3 is 1. The molecule has 1 heterocycles. The summed E-state index contributed by atoms with van der Waals surface area (Å²) in [6, 6.07) is 25.5. The zero-order chi connectivity index (χ0) is 25.0. The Morgan fingerprint density at radius 2 is 1.40 bits per heavy atom. The summed E-state index contributed by atoms with van der Waals surface area (Å²) in [5, 5.41) is 0. The van der Waals surface area contributed by atoms with Crippen molar-refractivity contribution in [1.29, 1.82) is 0 Å². The minimum absolute atomic E-state index is 0.0114. The summed E-state index contributed by atoms with van der Waals surface area (Å²) in [6.45, 7) is 2.52. The van der Waals surface area contributed by atoms with Crippen LogP contribution in [0.3, 0.4) is 0 Å². The molecule has 1 aliphatic heterocycles. The molecule has 0 N–H and O–H groups in total. The molecule has 0 aromatic heterocycles. The molecule has 0 aliphatic carbocycles. The van der Waals surface area contributed by atoms with E-state index in [9.17, 15) is 13.2 Å². The Kier molecular flexibility index (Phi) is 7.54. The topological polar surface area (TPSA) is 70.2 Å². The van der Waals surface area contributed by atoms with Crippen molar-refractivity contribution in [3.05, 3.63) is 95.6 Å². The molecule has 4 rings (SSSR count). The predicted octanol–water partition coefficient (Wildman–Crippen LogP) is 3.49. The number of hydrogen-bond acceptors (Lipinski definition) is 5. The third-order valence-corrected chi connectivity index (χ3v) is 8.20. The van der Waals surface area contributed by atoms with Crippen molar-refractivity contribution >= 4 is 15.9 Å². The van der Waals surface area contributed by atoms with Gasteiger partial charge in [-0.25, -0.2) is 12.7 Å². The van der Waals surface area contributed by atoms with E-state index in [0.29, 0.717) is 31.7 Å². The fourth-order valence-corrected chi connectivity index (χ4v) is 5.53. The molecule has 3 aromatic rings. The number of carbonyl (C=O) groups is 1. The minimum Gasteiger partial charge on any atom is -0.495 e. The molecule has 0 radical (unpaired) electrons. The van der Waals surface area contributed by atoms with Gasteiger partial charge in [0.2, 0.25) is 10.0 Å². The van der Waals surface area contributed by atoms with Gasteiger partial charge in [-0.2, -0.15) is 0 Å². The smallest absolute Gasteiger partial charge is 0.253 e. The number of rotatable bonds is 7. The van der Waals surface area contributed by atoms with Gasteiger partial charge in [0.05, 0.1) is 13.2 Å². The lowest BCUT2D eigenvalue weighted by atomic mass is 9.96. The summed E-state index contributed by atoms with van der Waals surface area (Å²) in [7, 11) is 0.572. The largest absolute Gasteiger partial charge is 0.495 e. The highest BCUT2D eigenvalue weighted by Gasteiger charge is 2.30. The Morgan fingerprint density at radius 3 is 1.89 bits per heavy atom. The van der Waals surface area contributed by atoms with Gasteiger partial charge < -0.3 is 9.64 Å². The number of sulfonamides is 1. The molecule has 1 fully saturated rings. The summed E-state index contributed by atoms with van der Waals surface area (Å²) in [4.78, 5) is 17.5. The van der Waals surface area contributed by atoms with E-state index in [-0.39, 0.29) is 22.6 Å². The van der Waals surface area contributed by atoms with Gasteiger partial charge in [-0.05, 0) is 29.3 Å². The van der Waals surface area contributed by atoms with Crippen LogP contribution in [0.2, 0.25) is 0 Å². The van der Waals surface area contributed by atoms with Crippen LogP contribution in [0, 0.1) is 0 Å². The molecule has 8 heteroatoms. The van der Waals surface area contributed by atoms with Gasteiger partial charge in [-0.1, -0.05) is 60.7 Å². The first-order chi connectivity index (χ1) is 16.8. The fraction of sp³-hybridized carbons (Fsp3) is 0.296. The number of ether oxygens (including phenoxy) is 1. The molecule has 35 heavy (non-hydrogen) atoms. The average molecular weight is 494 g/mol. The molecule has 1 aliphatic rings. The Morgan fingerprint density at radius 1 is 0.857 bits per heavy atom. The maximum absolute atomic E-state index is 13.3. The van der Waals surface area contributed by atoms with Gasteiger partial charge in [0.25, 0.3) is 5.91 Å². The highest BCUT2D eigenvalue weighted by molar-refractivity contribution is 7.89. The molecule has 1 amide bonds. The summed E-state index contributed by atoms with van der Waals surface area (Å²) >= 11 is 0. The Hall–Kier alpha value is -3.20. The molecule has 7 nitrogen and oxygen atoms in total. The van der Waals surface area contributed by atoms with Gasteiger partial charge in [0.1, 0.15) is 10.6 Å². The van der Waals surface area contributed by atoms with Crippen molar-refractivity contribution in [3.63, 3.8) is 0 Å². The van der Waals surface area contributed by atoms with Gasteiger partial charge in [-0.3, -0.25) is 9.69 Å². The van der Waals surface area contributed by atoms with Crippen molar-refractivity contribution in [3.8, 4) is 5.75 Å². The zero-order valence-electron chi connectivity index (χ0n) is 20.3. The molecular weight excluding hydrogens is 462 g/mol. The van der Waals surface area contributed by atoms with Crippen LogP contribution in [-0.4, -0.2) is 75.8 Å². The van der Waals surface area contributed by atoms with E-state index in [1.807, 2.05) is 36.4 Å². The number of hydrogen-bond donors (Lipinski definition) is 0. The first-order valence-electron chi connectivity index (χ1n) is 11.6. The maximum atomic E-state index is 13.3. The summed E-state index contributed by atoms with van der Waals surface area (Å²) < 4.78 is 31.9.